The highest BCUT2D eigenvalue weighted by molar-refractivity contribution is 5.93. The molecule has 0 radical (unpaired) electrons. The first kappa shape index (κ1) is 14.8. The average molecular weight is 276 g/mol. The van der Waals surface area contributed by atoms with Crippen LogP contribution in [0.5, 0.6) is 0 Å². The van der Waals surface area contributed by atoms with Gasteiger partial charge >= 0.3 is 0 Å². The van der Waals surface area contributed by atoms with Gasteiger partial charge in [-0.15, -0.1) is 0 Å². The first-order valence-electron chi connectivity index (χ1n) is 7.41. The lowest BCUT2D eigenvalue weighted by Crippen LogP contribution is -2.47. The van der Waals surface area contributed by atoms with E-state index < -0.39 is 0 Å². The number of carbonyl (C=O) groups is 1. The van der Waals surface area contributed by atoms with E-state index in [0.717, 1.165) is 18.5 Å². The predicted octanol–water partition coefficient (Wildman–Crippen LogP) is 1.90. The number of hydrogen-bond acceptors (Lipinski definition) is 4. The van der Waals surface area contributed by atoms with Crippen LogP contribution in [0.3, 0.4) is 0 Å². The summed E-state index contributed by atoms with van der Waals surface area (Å²) in [5, 5.41) is 6.30. The van der Waals surface area contributed by atoms with E-state index >= 15 is 0 Å². The molecule has 0 spiro atoms. The number of hydrogen-bond donors (Lipinski definition) is 3. The molecule has 0 aromatic carbocycles. The van der Waals surface area contributed by atoms with Crippen LogP contribution in [-0.2, 0) is 0 Å². The van der Waals surface area contributed by atoms with Crippen LogP contribution in [0.2, 0.25) is 0 Å². The second-order valence-electron chi connectivity index (χ2n) is 5.46. The Kier molecular flexibility index (Phi) is 4.95. The van der Waals surface area contributed by atoms with Crippen molar-refractivity contribution in [3.63, 3.8) is 0 Å². The van der Waals surface area contributed by atoms with Crippen molar-refractivity contribution in [1.29, 1.82) is 0 Å². The molecule has 1 amide bonds. The smallest absolute Gasteiger partial charge is 0.269 e. The molecule has 5 heteroatoms. The minimum Gasteiger partial charge on any atom is -0.378 e. The van der Waals surface area contributed by atoms with E-state index in [0.29, 0.717) is 18.8 Å². The molecule has 0 atom stereocenters. The number of aromatic nitrogens is 1. The van der Waals surface area contributed by atoms with Crippen LogP contribution in [0, 0.1) is 0 Å². The van der Waals surface area contributed by atoms with Crippen molar-refractivity contribution in [3.05, 3.63) is 24.0 Å². The molecule has 0 unspecified atom stereocenters. The largest absolute Gasteiger partial charge is 0.378 e. The van der Waals surface area contributed by atoms with E-state index in [9.17, 15) is 4.79 Å². The van der Waals surface area contributed by atoms with Crippen molar-refractivity contribution in [3.8, 4) is 0 Å². The van der Waals surface area contributed by atoms with Crippen molar-refractivity contribution >= 4 is 11.6 Å². The summed E-state index contributed by atoms with van der Waals surface area (Å²) < 4.78 is 0. The Labute approximate surface area is 120 Å². The van der Waals surface area contributed by atoms with Gasteiger partial charge in [-0.3, -0.25) is 9.78 Å². The lowest BCUT2D eigenvalue weighted by atomic mass is 9.81. The van der Waals surface area contributed by atoms with Crippen LogP contribution >= 0.6 is 0 Å². The number of amides is 1. The molecule has 1 heterocycles. The lowest BCUT2D eigenvalue weighted by molar-refractivity contribution is 0.0951. The fourth-order valence-corrected chi connectivity index (χ4v) is 2.80. The monoisotopic (exact) mass is 276 g/mol. The van der Waals surface area contributed by atoms with Crippen LogP contribution in [0.4, 0.5) is 5.69 Å². The van der Waals surface area contributed by atoms with Gasteiger partial charge in [0.2, 0.25) is 0 Å². The summed E-state index contributed by atoms with van der Waals surface area (Å²) in [6, 6.07) is 3.70. The van der Waals surface area contributed by atoms with Gasteiger partial charge in [-0.2, -0.15) is 0 Å². The molecule has 110 valence electrons. The molecule has 0 saturated heterocycles. The molecule has 0 bridgehead atoms. The van der Waals surface area contributed by atoms with Gasteiger partial charge in [-0.1, -0.05) is 19.3 Å². The molecule has 20 heavy (non-hydrogen) atoms. The zero-order valence-electron chi connectivity index (χ0n) is 12.1. The fourth-order valence-electron chi connectivity index (χ4n) is 2.80. The molecule has 1 aromatic heterocycles. The van der Waals surface area contributed by atoms with E-state index in [1.165, 1.54) is 19.3 Å². The molecule has 4 N–H and O–H groups in total. The normalized spacial score (nSPS) is 17.5. The molecule has 0 aliphatic heterocycles. The number of anilines is 1. The lowest BCUT2D eigenvalue weighted by Gasteiger charge is -2.38. The maximum atomic E-state index is 11.8. The standard InChI is InChI=1S/C15H24N4O/c1-2-17-14(20)13-10-12(6-9-18-13)19-15(11-16)7-4-3-5-8-15/h6,9-10H,2-5,7-8,11,16H2,1H3,(H,17,20)(H,18,19). The van der Waals surface area contributed by atoms with Crippen molar-refractivity contribution < 1.29 is 4.79 Å². The zero-order valence-corrected chi connectivity index (χ0v) is 12.1. The number of nitrogens with one attached hydrogen (secondary N) is 2. The third kappa shape index (κ3) is 3.48. The van der Waals surface area contributed by atoms with Gasteiger partial charge in [0.15, 0.2) is 0 Å². The van der Waals surface area contributed by atoms with Gasteiger partial charge in [-0.05, 0) is 31.9 Å². The summed E-state index contributed by atoms with van der Waals surface area (Å²) in [6.45, 7) is 3.11. The predicted molar refractivity (Wildman–Crippen MR) is 80.7 cm³/mol. The highest BCUT2D eigenvalue weighted by atomic mass is 16.1. The number of rotatable bonds is 5. The molecule has 1 aliphatic rings. The van der Waals surface area contributed by atoms with Crippen LogP contribution in [-0.4, -0.2) is 29.5 Å². The van der Waals surface area contributed by atoms with Gasteiger partial charge < -0.3 is 16.4 Å². The highest BCUT2D eigenvalue weighted by Crippen LogP contribution is 2.30. The Bertz CT molecular complexity index is 455. The van der Waals surface area contributed by atoms with Crippen LogP contribution < -0.4 is 16.4 Å². The highest BCUT2D eigenvalue weighted by Gasteiger charge is 2.30. The number of nitrogens with two attached hydrogens (primary N) is 1. The Balaban J connectivity index is 2.12. The average Bonchev–Trinajstić information content (AvgIpc) is 2.49. The molecule has 1 aliphatic carbocycles. The van der Waals surface area contributed by atoms with Crippen molar-refractivity contribution in [2.75, 3.05) is 18.4 Å². The van der Waals surface area contributed by atoms with Crippen molar-refractivity contribution in [1.82, 2.24) is 10.3 Å². The Hall–Kier alpha value is -1.62. The molecule has 5 nitrogen and oxygen atoms in total. The summed E-state index contributed by atoms with van der Waals surface area (Å²) in [7, 11) is 0. The van der Waals surface area contributed by atoms with Gasteiger partial charge in [0.25, 0.3) is 5.91 Å². The van der Waals surface area contributed by atoms with Crippen LogP contribution in [0.25, 0.3) is 0 Å². The third-order valence-electron chi connectivity index (χ3n) is 3.94. The molecular weight excluding hydrogens is 252 g/mol. The number of nitrogens with zero attached hydrogens (tertiary/aromatic N) is 1. The Morgan fingerprint density at radius 2 is 2.15 bits per heavy atom. The molecule has 2 rings (SSSR count). The van der Waals surface area contributed by atoms with Crippen molar-refractivity contribution in [2.24, 2.45) is 5.73 Å². The summed E-state index contributed by atoms with van der Waals surface area (Å²) in [5.41, 5.74) is 7.31. The van der Waals surface area contributed by atoms with Crippen molar-refractivity contribution in [2.45, 2.75) is 44.6 Å². The van der Waals surface area contributed by atoms with E-state index in [1.54, 1.807) is 12.3 Å². The molecule has 1 fully saturated rings. The van der Waals surface area contributed by atoms with Gasteiger partial charge in [0, 0.05) is 30.5 Å². The molecular formula is C15H24N4O. The van der Waals surface area contributed by atoms with Crippen LogP contribution in [0.1, 0.15) is 49.5 Å². The topological polar surface area (TPSA) is 80.0 Å². The first-order valence-corrected chi connectivity index (χ1v) is 7.41. The Morgan fingerprint density at radius 3 is 2.80 bits per heavy atom. The van der Waals surface area contributed by atoms with Gasteiger partial charge in [0.1, 0.15) is 5.69 Å². The van der Waals surface area contributed by atoms with E-state index in [2.05, 4.69) is 15.6 Å². The molecule has 1 saturated carbocycles. The van der Waals surface area contributed by atoms with E-state index in [4.69, 9.17) is 5.73 Å². The number of pyridine rings is 1. The van der Waals surface area contributed by atoms with E-state index in [1.807, 2.05) is 13.0 Å². The summed E-state index contributed by atoms with van der Waals surface area (Å²) in [4.78, 5) is 15.9. The Morgan fingerprint density at radius 1 is 1.40 bits per heavy atom. The minimum atomic E-state index is -0.137. The maximum Gasteiger partial charge on any atom is 0.269 e. The third-order valence-corrected chi connectivity index (χ3v) is 3.94. The second-order valence-corrected chi connectivity index (χ2v) is 5.46. The quantitative estimate of drug-likeness (QED) is 0.767. The first-order chi connectivity index (χ1) is 9.69. The van der Waals surface area contributed by atoms with Gasteiger partial charge in [-0.25, -0.2) is 0 Å². The number of carbonyl (C=O) groups excluding carboxylic acids is 1. The SMILES string of the molecule is CCNC(=O)c1cc(NC2(CN)CCCCC2)ccn1. The van der Waals surface area contributed by atoms with Gasteiger partial charge in [0.05, 0.1) is 0 Å². The van der Waals surface area contributed by atoms with Crippen LogP contribution in [0.15, 0.2) is 18.3 Å². The summed E-state index contributed by atoms with van der Waals surface area (Å²) in [5.74, 6) is -0.137. The van der Waals surface area contributed by atoms with E-state index in [-0.39, 0.29) is 11.4 Å². The minimum absolute atomic E-state index is 0.0297. The summed E-state index contributed by atoms with van der Waals surface area (Å²) in [6.07, 6.45) is 7.53. The molecule has 1 aromatic rings. The maximum absolute atomic E-state index is 11.8. The second kappa shape index (κ2) is 6.70. The summed E-state index contributed by atoms with van der Waals surface area (Å²) >= 11 is 0. The zero-order chi connectivity index (χ0) is 14.4. The fraction of sp³-hybridized carbons (Fsp3) is 0.600.